The first-order valence-corrected chi connectivity index (χ1v) is 13.0. The van der Waals surface area contributed by atoms with E-state index in [2.05, 4.69) is 118 Å². The van der Waals surface area contributed by atoms with Gasteiger partial charge in [0, 0.05) is 22.5 Å². The molecule has 4 aromatic carbocycles. The molecule has 6 aromatic rings. The summed E-state index contributed by atoms with van der Waals surface area (Å²) in [6, 6.07) is 35.6. The van der Waals surface area contributed by atoms with Gasteiger partial charge in [-0.3, -0.25) is 9.97 Å². The van der Waals surface area contributed by atoms with E-state index in [1.54, 1.807) is 0 Å². The minimum atomic E-state index is -0.512. The molecule has 1 spiro atoms. The molecule has 0 unspecified atom stereocenters. The second-order valence-electron chi connectivity index (χ2n) is 11.4. The zero-order valence-corrected chi connectivity index (χ0v) is 21.2. The van der Waals surface area contributed by atoms with E-state index in [1.807, 2.05) is 6.20 Å². The molecule has 0 amide bonds. The van der Waals surface area contributed by atoms with Crippen LogP contribution in [0.5, 0.6) is 0 Å². The number of aromatic nitrogens is 2. The number of para-hydroxylation sites is 1. The van der Waals surface area contributed by atoms with Gasteiger partial charge in [-0.05, 0) is 62.4 Å². The van der Waals surface area contributed by atoms with Gasteiger partial charge in [0.2, 0.25) is 0 Å². The highest BCUT2D eigenvalue weighted by Crippen LogP contribution is 2.61. The van der Waals surface area contributed by atoms with Crippen LogP contribution >= 0.6 is 0 Å². The lowest BCUT2D eigenvalue weighted by atomic mass is 9.63. The number of benzene rings is 4. The fourth-order valence-corrected chi connectivity index (χ4v) is 6.74. The molecule has 2 aliphatic carbocycles. The van der Waals surface area contributed by atoms with Gasteiger partial charge in [-0.15, -0.1) is 0 Å². The Morgan fingerprint density at radius 1 is 0.622 bits per heavy atom. The van der Waals surface area contributed by atoms with E-state index in [0.717, 1.165) is 27.9 Å². The Morgan fingerprint density at radius 3 is 2.03 bits per heavy atom. The van der Waals surface area contributed by atoms with Crippen LogP contribution in [0.1, 0.15) is 48.7 Å². The Bertz CT molecular complexity index is 1880. The minimum Gasteiger partial charge on any atom is -0.256 e. The third-order valence-corrected chi connectivity index (χ3v) is 8.42. The van der Waals surface area contributed by atoms with Gasteiger partial charge in [0.1, 0.15) is 0 Å². The van der Waals surface area contributed by atoms with Crippen LogP contribution in [-0.4, -0.2) is 9.97 Å². The van der Waals surface area contributed by atoms with Crippen LogP contribution in [0.4, 0.5) is 0 Å². The first-order chi connectivity index (χ1) is 18.0. The quantitative estimate of drug-likeness (QED) is 0.220. The van der Waals surface area contributed by atoms with Gasteiger partial charge in [-0.2, -0.15) is 0 Å². The lowest BCUT2D eigenvalue weighted by Crippen LogP contribution is -2.34. The molecule has 2 heterocycles. The van der Waals surface area contributed by atoms with E-state index in [4.69, 9.17) is 9.97 Å². The fraction of sp³-hybridized carbons (Fsp3) is 0.143. The van der Waals surface area contributed by atoms with Crippen molar-refractivity contribution in [3.63, 3.8) is 0 Å². The molecule has 2 heteroatoms. The highest BCUT2D eigenvalue weighted by atomic mass is 14.8. The van der Waals surface area contributed by atoms with Gasteiger partial charge in [-0.25, -0.2) is 0 Å². The summed E-state index contributed by atoms with van der Waals surface area (Å²) in [5.74, 6) is 0. The SMILES string of the molecule is CC(C)(C)c1cc2c3c(nccc3c1)-c1cc3ccccc3nc1C21c2ccccc2-c2ccccc21. The number of fused-ring (bicyclic) bond motifs is 10. The first kappa shape index (κ1) is 20.8. The van der Waals surface area contributed by atoms with E-state index in [-0.39, 0.29) is 5.41 Å². The molecule has 0 atom stereocenters. The lowest BCUT2D eigenvalue weighted by Gasteiger charge is -2.39. The van der Waals surface area contributed by atoms with Crippen LogP contribution in [0.15, 0.2) is 103 Å². The van der Waals surface area contributed by atoms with Crippen LogP contribution in [0.3, 0.4) is 0 Å². The number of nitrogens with zero attached hydrogens (tertiary/aromatic N) is 2. The molecule has 0 fully saturated rings. The van der Waals surface area contributed by atoms with Crippen molar-refractivity contribution in [2.45, 2.75) is 31.6 Å². The minimum absolute atomic E-state index is 0.00401. The van der Waals surface area contributed by atoms with E-state index in [0.29, 0.717) is 0 Å². The molecular weight excluding hydrogens is 448 g/mol. The average Bonchev–Trinajstić information content (AvgIpc) is 3.21. The number of pyridine rings is 2. The normalized spacial score (nSPS) is 14.6. The monoisotopic (exact) mass is 474 g/mol. The molecule has 0 saturated heterocycles. The molecule has 2 aromatic heterocycles. The van der Waals surface area contributed by atoms with E-state index in [1.165, 1.54) is 44.2 Å². The maximum Gasteiger partial charge on any atom is 0.0899 e. The van der Waals surface area contributed by atoms with Gasteiger partial charge in [0.25, 0.3) is 0 Å². The summed E-state index contributed by atoms with van der Waals surface area (Å²) in [6.45, 7) is 6.90. The van der Waals surface area contributed by atoms with Crippen molar-refractivity contribution in [1.82, 2.24) is 9.97 Å². The molecule has 0 N–H and O–H groups in total. The van der Waals surface area contributed by atoms with Crippen molar-refractivity contribution in [2.75, 3.05) is 0 Å². The summed E-state index contributed by atoms with van der Waals surface area (Å²) in [5.41, 5.74) is 11.6. The van der Waals surface area contributed by atoms with Gasteiger partial charge in [0.15, 0.2) is 0 Å². The summed E-state index contributed by atoms with van der Waals surface area (Å²) in [6.07, 6.45) is 1.96. The summed E-state index contributed by atoms with van der Waals surface area (Å²) < 4.78 is 0. The molecular formula is C35H26N2. The van der Waals surface area contributed by atoms with Gasteiger partial charge < -0.3 is 0 Å². The van der Waals surface area contributed by atoms with Gasteiger partial charge in [0.05, 0.1) is 22.3 Å². The summed E-state index contributed by atoms with van der Waals surface area (Å²) in [7, 11) is 0. The number of hydrogen-bond donors (Lipinski definition) is 0. The zero-order valence-electron chi connectivity index (χ0n) is 21.2. The van der Waals surface area contributed by atoms with Crippen molar-refractivity contribution in [1.29, 1.82) is 0 Å². The zero-order chi connectivity index (χ0) is 24.9. The fourth-order valence-electron chi connectivity index (χ4n) is 6.74. The molecule has 0 aliphatic heterocycles. The molecule has 37 heavy (non-hydrogen) atoms. The largest absolute Gasteiger partial charge is 0.256 e. The van der Waals surface area contributed by atoms with Crippen LogP contribution < -0.4 is 0 Å². The topological polar surface area (TPSA) is 25.8 Å². The third kappa shape index (κ3) is 2.55. The smallest absolute Gasteiger partial charge is 0.0899 e. The van der Waals surface area contributed by atoms with Crippen molar-refractivity contribution >= 4 is 21.7 Å². The molecule has 2 nitrogen and oxygen atoms in total. The Morgan fingerprint density at radius 2 is 1.30 bits per heavy atom. The maximum atomic E-state index is 5.49. The molecule has 0 bridgehead atoms. The van der Waals surface area contributed by atoms with Gasteiger partial charge >= 0.3 is 0 Å². The third-order valence-electron chi connectivity index (χ3n) is 8.42. The Labute approximate surface area is 216 Å². The second kappa shape index (κ2) is 6.92. The summed E-state index contributed by atoms with van der Waals surface area (Å²) in [4.78, 5) is 10.5. The first-order valence-electron chi connectivity index (χ1n) is 13.0. The highest BCUT2D eigenvalue weighted by Gasteiger charge is 2.51. The van der Waals surface area contributed by atoms with Crippen molar-refractivity contribution in [3.05, 3.63) is 131 Å². The lowest BCUT2D eigenvalue weighted by molar-refractivity contribution is 0.588. The molecule has 0 radical (unpaired) electrons. The van der Waals surface area contributed by atoms with E-state index < -0.39 is 5.41 Å². The van der Waals surface area contributed by atoms with E-state index in [9.17, 15) is 0 Å². The number of hydrogen-bond acceptors (Lipinski definition) is 2. The summed E-state index contributed by atoms with van der Waals surface area (Å²) in [5, 5.41) is 3.63. The number of rotatable bonds is 0. The van der Waals surface area contributed by atoms with Crippen LogP contribution in [0, 0.1) is 0 Å². The van der Waals surface area contributed by atoms with Gasteiger partial charge in [-0.1, -0.05) is 99.6 Å². The van der Waals surface area contributed by atoms with Crippen LogP contribution in [0.25, 0.3) is 44.1 Å². The Balaban J connectivity index is 1.67. The molecule has 8 rings (SSSR count). The molecule has 2 aliphatic rings. The predicted octanol–water partition coefficient (Wildman–Crippen LogP) is 8.42. The standard InChI is InChI=1S/C35H26N2/c1-34(2,3)23-18-22-16-17-36-32-26-19-21-10-4-9-15-30(21)37-33(26)35(29(20-23)31(22)32)27-13-7-5-11-24(27)25-12-6-8-14-28(25)35/h4-20H,1-3H3. The Hall–Kier alpha value is -4.30. The summed E-state index contributed by atoms with van der Waals surface area (Å²) >= 11 is 0. The average molecular weight is 475 g/mol. The second-order valence-corrected chi connectivity index (χ2v) is 11.4. The van der Waals surface area contributed by atoms with Crippen LogP contribution in [0.2, 0.25) is 0 Å². The van der Waals surface area contributed by atoms with Crippen molar-refractivity contribution in [3.8, 4) is 22.4 Å². The van der Waals surface area contributed by atoms with E-state index >= 15 is 0 Å². The molecule has 176 valence electrons. The van der Waals surface area contributed by atoms with Crippen molar-refractivity contribution < 1.29 is 0 Å². The predicted molar refractivity (Wildman–Crippen MR) is 152 cm³/mol. The molecule has 0 saturated carbocycles. The highest BCUT2D eigenvalue weighted by molar-refractivity contribution is 6.06. The maximum absolute atomic E-state index is 5.49. The van der Waals surface area contributed by atoms with Crippen molar-refractivity contribution in [2.24, 2.45) is 0 Å². The van der Waals surface area contributed by atoms with Crippen LogP contribution in [-0.2, 0) is 10.8 Å². The Kier molecular flexibility index (Phi) is 3.90.